The number of fused-ring (bicyclic) bond motifs is 1. The molecule has 1 aromatic rings. The number of rotatable bonds is 2. The third-order valence-corrected chi connectivity index (χ3v) is 3.33. The maximum Gasteiger partial charge on any atom is 0.0677 e. The van der Waals surface area contributed by atoms with Crippen molar-refractivity contribution < 1.29 is 4.74 Å². The number of ether oxygens (including phenoxy) is 1. The molecule has 86 valence electrons. The summed E-state index contributed by atoms with van der Waals surface area (Å²) in [5.41, 5.74) is 4.30. The molecule has 0 radical (unpaired) electrons. The summed E-state index contributed by atoms with van der Waals surface area (Å²) < 4.78 is 5.62. The molecule has 0 aromatic heterocycles. The van der Waals surface area contributed by atoms with E-state index in [2.05, 4.69) is 44.2 Å². The van der Waals surface area contributed by atoms with Crippen molar-refractivity contribution in [1.82, 2.24) is 0 Å². The fourth-order valence-corrected chi connectivity index (χ4v) is 2.59. The van der Waals surface area contributed by atoms with Gasteiger partial charge < -0.3 is 4.74 Å². The standard InChI is InChI=1S/C15H20O/c1-11(2)10-14-13-7-5-4-6-12(13)8-9-15(14)16-3/h4-7,10,14-15H,8-9H2,1-3H3/t14-,15-/m0/s1. The van der Waals surface area contributed by atoms with Crippen molar-refractivity contribution in [1.29, 1.82) is 0 Å². The van der Waals surface area contributed by atoms with E-state index >= 15 is 0 Å². The lowest BCUT2D eigenvalue weighted by molar-refractivity contribution is 0.0784. The number of allylic oxidation sites excluding steroid dienone is 1. The molecule has 0 heterocycles. The van der Waals surface area contributed by atoms with Crippen molar-refractivity contribution in [3.63, 3.8) is 0 Å². The van der Waals surface area contributed by atoms with Crippen LogP contribution in [0.15, 0.2) is 35.9 Å². The second-order valence-electron chi connectivity index (χ2n) is 4.78. The van der Waals surface area contributed by atoms with E-state index in [9.17, 15) is 0 Å². The molecule has 0 spiro atoms. The summed E-state index contributed by atoms with van der Waals surface area (Å²) in [5, 5.41) is 0. The van der Waals surface area contributed by atoms with E-state index in [4.69, 9.17) is 4.74 Å². The molecule has 1 aliphatic carbocycles. The molecule has 1 heteroatoms. The van der Waals surface area contributed by atoms with Crippen LogP contribution >= 0.6 is 0 Å². The van der Waals surface area contributed by atoms with Crippen LogP contribution in [0.4, 0.5) is 0 Å². The van der Waals surface area contributed by atoms with E-state index in [1.807, 2.05) is 7.11 Å². The first-order chi connectivity index (χ1) is 7.72. The summed E-state index contributed by atoms with van der Waals surface area (Å²) in [7, 11) is 1.82. The van der Waals surface area contributed by atoms with Gasteiger partial charge in [-0.25, -0.2) is 0 Å². The van der Waals surface area contributed by atoms with Gasteiger partial charge in [0.05, 0.1) is 6.10 Å². The molecule has 1 aromatic carbocycles. The number of benzene rings is 1. The summed E-state index contributed by atoms with van der Waals surface area (Å²) in [6, 6.07) is 8.74. The van der Waals surface area contributed by atoms with Crippen LogP contribution in [0, 0.1) is 0 Å². The minimum absolute atomic E-state index is 0.338. The van der Waals surface area contributed by atoms with Gasteiger partial charge in [0.15, 0.2) is 0 Å². The third kappa shape index (κ3) is 2.19. The zero-order chi connectivity index (χ0) is 11.5. The van der Waals surface area contributed by atoms with Crippen molar-refractivity contribution in [2.75, 3.05) is 7.11 Å². The third-order valence-electron chi connectivity index (χ3n) is 3.33. The normalized spacial score (nSPS) is 23.7. The van der Waals surface area contributed by atoms with Gasteiger partial charge in [0.25, 0.3) is 0 Å². The molecule has 0 unspecified atom stereocenters. The predicted octanol–water partition coefficient (Wildman–Crippen LogP) is 3.70. The van der Waals surface area contributed by atoms with E-state index < -0.39 is 0 Å². The maximum absolute atomic E-state index is 5.62. The lowest BCUT2D eigenvalue weighted by Crippen LogP contribution is -2.26. The molecule has 2 atom stereocenters. The van der Waals surface area contributed by atoms with Gasteiger partial charge in [0, 0.05) is 13.0 Å². The Morgan fingerprint density at radius 3 is 2.75 bits per heavy atom. The van der Waals surface area contributed by atoms with Gasteiger partial charge in [-0.2, -0.15) is 0 Å². The first-order valence-corrected chi connectivity index (χ1v) is 5.98. The van der Waals surface area contributed by atoms with E-state index in [0.29, 0.717) is 12.0 Å². The Kier molecular flexibility index (Phi) is 3.45. The lowest BCUT2D eigenvalue weighted by Gasteiger charge is -2.31. The first-order valence-electron chi connectivity index (χ1n) is 5.98. The van der Waals surface area contributed by atoms with Gasteiger partial charge in [0.1, 0.15) is 0 Å². The molecule has 0 saturated heterocycles. The summed E-state index contributed by atoms with van der Waals surface area (Å²) >= 11 is 0. The van der Waals surface area contributed by atoms with Crippen molar-refractivity contribution in [2.45, 2.75) is 38.7 Å². The van der Waals surface area contributed by atoms with Crippen molar-refractivity contribution in [3.8, 4) is 0 Å². The largest absolute Gasteiger partial charge is 0.380 e. The summed E-state index contributed by atoms with van der Waals surface area (Å²) in [4.78, 5) is 0. The highest BCUT2D eigenvalue weighted by atomic mass is 16.5. The Morgan fingerprint density at radius 1 is 1.31 bits per heavy atom. The van der Waals surface area contributed by atoms with Gasteiger partial charge in [-0.15, -0.1) is 0 Å². The smallest absolute Gasteiger partial charge is 0.0677 e. The topological polar surface area (TPSA) is 9.23 Å². The second-order valence-corrected chi connectivity index (χ2v) is 4.78. The first kappa shape index (κ1) is 11.4. The highest BCUT2D eigenvalue weighted by Gasteiger charge is 2.27. The highest BCUT2D eigenvalue weighted by Crippen LogP contribution is 2.34. The van der Waals surface area contributed by atoms with Gasteiger partial charge in [-0.1, -0.05) is 35.9 Å². The molecule has 0 fully saturated rings. The SMILES string of the molecule is CO[C@H]1CCc2ccccc2[C@@H]1C=C(C)C. The van der Waals surface area contributed by atoms with Crippen LogP contribution in [0.3, 0.4) is 0 Å². The molecule has 0 N–H and O–H groups in total. The van der Waals surface area contributed by atoms with E-state index in [1.54, 1.807) is 0 Å². The molecule has 0 saturated carbocycles. The van der Waals surface area contributed by atoms with Crippen LogP contribution in [-0.2, 0) is 11.2 Å². The molecule has 2 rings (SSSR count). The minimum atomic E-state index is 0.338. The summed E-state index contributed by atoms with van der Waals surface area (Å²) in [6.45, 7) is 4.31. The average molecular weight is 216 g/mol. The van der Waals surface area contributed by atoms with E-state index in [0.717, 1.165) is 12.8 Å². The van der Waals surface area contributed by atoms with Crippen LogP contribution in [0.2, 0.25) is 0 Å². The van der Waals surface area contributed by atoms with Crippen LogP contribution in [0.5, 0.6) is 0 Å². The zero-order valence-electron chi connectivity index (χ0n) is 10.4. The Balaban J connectivity index is 2.40. The lowest BCUT2D eigenvalue weighted by atomic mass is 9.80. The quantitative estimate of drug-likeness (QED) is 0.685. The fraction of sp³-hybridized carbons (Fsp3) is 0.467. The van der Waals surface area contributed by atoms with Crippen molar-refractivity contribution in [2.24, 2.45) is 0 Å². The number of methoxy groups -OCH3 is 1. The number of hydrogen-bond donors (Lipinski definition) is 0. The predicted molar refractivity (Wildman–Crippen MR) is 67.7 cm³/mol. The monoisotopic (exact) mass is 216 g/mol. The molecule has 1 aliphatic rings. The van der Waals surface area contributed by atoms with Crippen LogP contribution in [0.1, 0.15) is 37.3 Å². The maximum atomic E-state index is 5.62. The molecule has 1 nitrogen and oxygen atoms in total. The molecular weight excluding hydrogens is 196 g/mol. The molecular formula is C15H20O. The second kappa shape index (κ2) is 4.84. The molecule has 16 heavy (non-hydrogen) atoms. The van der Waals surface area contributed by atoms with Crippen molar-refractivity contribution in [3.05, 3.63) is 47.0 Å². The van der Waals surface area contributed by atoms with Gasteiger partial charge in [0.2, 0.25) is 0 Å². The highest BCUT2D eigenvalue weighted by molar-refractivity contribution is 5.37. The Hall–Kier alpha value is -1.08. The number of aryl methyl sites for hydroxylation is 1. The van der Waals surface area contributed by atoms with E-state index in [1.165, 1.54) is 16.7 Å². The van der Waals surface area contributed by atoms with Crippen LogP contribution in [0.25, 0.3) is 0 Å². The minimum Gasteiger partial charge on any atom is -0.380 e. The van der Waals surface area contributed by atoms with E-state index in [-0.39, 0.29) is 0 Å². The van der Waals surface area contributed by atoms with Crippen LogP contribution in [-0.4, -0.2) is 13.2 Å². The Morgan fingerprint density at radius 2 is 2.06 bits per heavy atom. The van der Waals surface area contributed by atoms with Crippen molar-refractivity contribution >= 4 is 0 Å². The Bertz CT molecular complexity index is 388. The Labute approximate surface area is 98.1 Å². The van der Waals surface area contributed by atoms with Gasteiger partial charge in [-0.3, -0.25) is 0 Å². The summed E-state index contributed by atoms with van der Waals surface area (Å²) in [5.74, 6) is 0.431. The summed E-state index contributed by atoms with van der Waals surface area (Å²) in [6.07, 6.45) is 4.94. The molecule has 0 bridgehead atoms. The van der Waals surface area contributed by atoms with Gasteiger partial charge in [-0.05, 0) is 37.8 Å². The molecule has 0 aliphatic heterocycles. The average Bonchev–Trinajstić information content (AvgIpc) is 2.29. The van der Waals surface area contributed by atoms with Gasteiger partial charge >= 0.3 is 0 Å². The number of hydrogen-bond acceptors (Lipinski definition) is 1. The molecule has 0 amide bonds. The zero-order valence-corrected chi connectivity index (χ0v) is 10.4. The van der Waals surface area contributed by atoms with Crippen LogP contribution < -0.4 is 0 Å². The fourth-order valence-electron chi connectivity index (χ4n) is 2.59.